The molecule has 0 unspecified atom stereocenters. The van der Waals surface area contributed by atoms with Crippen LogP contribution in [0.2, 0.25) is 5.02 Å². The van der Waals surface area contributed by atoms with E-state index in [0.29, 0.717) is 22.1 Å². The van der Waals surface area contributed by atoms with Crippen molar-refractivity contribution in [3.63, 3.8) is 0 Å². The standard InChI is InChI=1S/C17H16ClF3N2O2S/c1-10-13(11-2-4-12(18)5-3-11)14(22-15(10)17(19,20)21)16(24)23-6-8-26(25)9-7-23/h2-5,22H,6-9H2,1H3. The van der Waals surface area contributed by atoms with Gasteiger partial charge in [0.05, 0.1) is 13.1 Å². The molecule has 3 rings (SSSR count). The molecule has 4 nitrogen and oxygen atoms in total. The maximum Gasteiger partial charge on any atom is 0.431 e. The van der Waals surface area contributed by atoms with E-state index in [-0.39, 0.29) is 29.9 Å². The lowest BCUT2D eigenvalue weighted by atomic mass is 10.00. The van der Waals surface area contributed by atoms with E-state index in [0.717, 1.165) is 0 Å². The van der Waals surface area contributed by atoms with E-state index >= 15 is 0 Å². The Hall–Kier alpha value is -1.64. The van der Waals surface area contributed by atoms with Crippen LogP contribution in [0.1, 0.15) is 21.7 Å². The zero-order valence-electron chi connectivity index (χ0n) is 13.8. The minimum Gasteiger partial charge on any atom is -0.616 e. The summed E-state index contributed by atoms with van der Waals surface area (Å²) in [5.41, 5.74) is -0.395. The summed E-state index contributed by atoms with van der Waals surface area (Å²) in [6.45, 7) is 1.85. The van der Waals surface area contributed by atoms with Gasteiger partial charge in [0.2, 0.25) is 0 Å². The van der Waals surface area contributed by atoms with Gasteiger partial charge in [0, 0.05) is 10.6 Å². The summed E-state index contributed by atoms with van der Waals surface area (Å²) in [5, 5.41) is 0.448. The highest BCUT2D eigenvalue weighted by Gasteiger charge is 2.38. The molecule has 1 aromatic carbocycles. The van der Waals surface area contributed by atoms with Crippen molar-refractivity contribution in [3.05, 3.63) is 46.2 Å². The molecule has 1 fully saturated rings. The van der Waals surface area contributed by atoms with E-state index in [1.807, 2.05) is 0 Å². The first-order valence-corrected chi connectivity index (χ1v) is 9.75. The molecule has 26 heavy (non-hydrogen) atoms. The van der Waals surface area contributed by atoms with Gasteiger partial charge in [-0.05, 0) is 30.2 Å². The van der Waals surface area contributed by atoms with Gasteiger partial charge >= 0.3 is 6.18 Å². The number of carbonyl (C=O) groups is 1. The number of rotatable bonds is 2. The summed E-state index contributed by atoms with van der Waals surface area (Å²) in [4.78, 5) is 16.6. The molecule has 1 amide bonds. The van der Waals surface area contributed by atoms with Gasteiger partial charge in [0.1, 0.15) is 22.9 Å². The first-order valence-electron chi connectivity index (χ1n) is 7.88. The Morgan fingerprint density at radius 2 is 1.81 bits per heavy atom. The molecule has 1 aliphatic rings. The Labute approximate surface area is 156 Å². The normalized spacial score (nSPS) is 16.2. The fourth-order valence-electron chi connectivity index (χ4n) is 3.01. The molecule has 1 aromatic heterocycles. The molecule has 1 aliphatic heterocycles. The van der Waals surface area contributed by atoms with Crippen LogP contribution in [-0.2, 0) is 17.4 Å². The zero-order valence-corrected chi connectivity index (χ0v) is 15.4. The van der Waals surface area contributed by atoms with Crippen LogP contribution in [0, 0.1) is 6.92 Å². The fraction of sp³-hybridized carbons (Fsp3) is 0.353. The number of hydrogen-bond acceptors (Lipinski definition) is 2. The highest BCUT2D eigenvalue weighted by Crippen LogP contribution is 2.39. The van der Waals surface area contributed by atoms with E-state index in [9.17, 15) is 22.5 Å². The van der Waals surface area contributed by atoms with Crippen molar-refractivity contribution in [1.82, 2.24) is 9.88 Å². The van der Waals surface area contributed by atoms with Gasteiger partial charge in [0.15, 0.2) is 0 Å². The van der Waals surface area contributed by atoms with Crippen molar-refractivity contribution < 1.29 is 22.5 Å². The first kappa shape index (κ1) is 19.1. The molecule has 1 saturated heterocycles. The predicted molar refractivity (Wildman–Crippen MR) is 94.8 cm³/mol. The van der Waals surface area contributed by atoms with Crippen LogP contribution < -0.4 is 0 Å². The highest BCUT2D eigenvalue weighted by molar-refractivity contribution is 7.91. The molecule has 9 heteroatoms. The quantitative estimate of drug-likeness (QED) is 0.772. The summed E-state index contributed by atoms with van der Waals surface area (Å²) < 4.78 is 51.6. The van der Waals surface area contributed by atoms with Gasteiger partial charge in [-0.2, -0.15) is 13.2 Å². The van der Waals surface area contributed by atoms with Crippen molar-refractivity contribution in [2.45, 2.75) is 13.1 Å². The monoisotopic (exact) mass is 404 g/mol. The Morgan fingerprint density at radius 1 is 1.23 bits per heavy atom. The number of halogens is 4. The van der Waals surface area contributed by atoms with Crippen LogP contribution in [-0.4, -0.2) is 44.9 Å². The zero-order chi connectivity index (χ0) is 19.1. The average molecular weight is 405 g/mol. The molecule has 140 valence electrons. The van der Waals surface area contributed by atoms with Crippen LogP contribution in [0.15, 0.2) is 24.3 Å². The number of benzene rings is 1. The van der Waals surface area contributed by atoms with E-state index in [4.69, 9.17) is 11.6 Å². The van der Waals surface area contributed by atoms with Crippen LogP contribution in [0.3, 0.4) is 0 Å². The third kappa shape index (κ3) is 3.72. The maximum absolute atomic E-state index is 13.4. The number of amides is 1. The van der Waals surface area contributed by atoms with Crippen LogP contribution >= 0.6 is 11.6 Å². The summed E-state index contributed by atoms with van der Waals surface area (Å²) in [5.74, 6) is 0.132. The number of aromatic nitrogens is 1. The molecule has 0 aliphatic carbocycles. The van der Waals surface area contributed by atoms with Gasteiger partial charge in [-0.1, -0.05) is 34.9 Å². The highest BCUT2D eigenvalue weighted by atomic mass is 35.5. The summed E-state index contributed by atoms with van der Waals surface area (Å²) in [7, 11) is 0. The number of nitrogens with one attached hydrogen (secondary N) is 1. The number of aromatic amines is 1. The topological polar surface area (TPSA) is 59.2 Å². The van der Waals surface area contributed by atoms with Gasteiger partial charge < -0.3 is 14.4 Å². The van der Waals surface area contributed by atoms with Gasteiger partial charge in [0.25, 0.3) is 5.91 Å². The molecule has 0 radical (unpaired) electrons. The van der Waals surface area contributed by atoms with Crippen molar-refractivity contribution in [1.29, 1.82) is 0 Å². The smallest absolute Gasteiger partial charge is 0.431 e. The second-order valence-electron chi connectivity index (χ2n) is 6.02. The second-order valence-corrected chi connectivity index (χ2v) is 8.15. The summed E-state index contributed by atoms with van der Waals surface area (Å²) in [6, 6.07) is 6.30. The van der Waals surface area contributed by atoms with Crippen molar-refractivity contribution >= 4 is 28.7 Å². The molecule has 0 spiro atoms. The number of hydrogen-bond donors (Lipinski definition) is 1. The van der Waals surface area contributed by atoms with Crippen molar-refractivity contribution in [2.24, 2.45) is 0 Å². The van der Waals surface area contributed by atoms with Crippen molar-refractivity contribution in [2.75, 3.05) is 24.6 Å². The number of nitrogens with zero attached hydrogens (tertiary/aromatic N) is 1. The lowest BCUT2D eigenvalue weighted by molar-refractivity contribution is -0.141. The lowest BCUT2D eigenvalue weighted by Crippen LogP contribution is -2.44. The average Bonchev–Trinajstić information content (AvgIpc) is 2.93. The maximum atomic E-state index is 13.4. The fourth-order valence-corrected chi connectivity index (χ4v) is 4.19. The lowest BCUT2D eigenvalue weighted by Gasteiger charge is -2.28. The number of alkyl halides is 3. The number of H-pyrrole nitrogens is 1. The third-order valence-corrected chi connectivity index (χ3v) is 5.87. The molecular formula is C17H16ClF3N2O2S. The SMILES string of the molecule is Cc1c(C(F)(F)F)[nH]c(C(=O)N2CC[S+]([O-])CC2)c1-c1ccc(Cl)cc1. The molecule has 0 saturated carbocycles. The molecule has 1 N–H and O–H groups in total. The Kier molecular flexibility index (Phi) is 5.28. The van der Waals surface area contributed by atoms with Gasteiger partial charge in [-0.3, -0.25) is 4.79 Å². The molecule has 2 aromatic rings. The molecular weight excluding hydrogens is 389 g/mol. The molecule has 0 atom stereocenters. The minimum atomic E-state index is -4.60. The van der Waals surface area contributed by atoms with Gasteiger partial charge in [-0.25, -0.2) is 0 Å². The van der Waals surface area contributed by atoms with Gasteiger partial charge in [-0.15, -0.1) is 0 Å². The van der Waals surface area contributed by atoms with E-state index in [1.165, 1.54) is 11.8 Å². The Balaban J connectivity index is 2.08. The van der Waals surface area contributed by atoms with Crippen LogP contribution in [0.5, 0.6) is 0 Å². The van der Waals surface area contributed by atoms with Crippen LogP contribution in [0.25, 0.3) is 11.1 Å². The van der Waals surface area contributed by atoms with Crippen molar-refractivity contribution in [3.8, 4) is 11.1 Å². The number of carbonyl (C=O) groups excluding carboxylic acids is 1. The molecule has 0 bridgehead atoms. The Morgan fingerprint density at radius 3 is 2.35 bits per heavy atom. The van der Waals surface area contributed by atoms with Crippen LogP contribution in [0.4, 0.5) is 13.2 Å². The largest absolute Gasteiger partial charge is 0.616 e. The van der Waals surface area contributed by atoms with E-state index < -0.39 is 29.0 Å². The summed E-state index contributed by atoms with van der Waals surface area (Å²) in [6.07, 6.45) is -4.60. The second kappa shape index (κ2) is 7.17. The summed E-state index contributed by atoms with van der Waals surface area (Å²) >= 11 is 4.87. The van der Waals surface area contributed by atoms with E-state index in [1.54, 1.807) is 24.3 Å². The third-order valence-electron chi connectivity index (χ3n) is 4.35. The molecule has 2 heterocycles. The Bertz CT molecular complexity index is 813. The first-order chi connectivity index (χ1) is 12.2. The predicted octanol–water partition coefficient (Wildman–Crippen LogP) is 3.87. The minimum absolute atomic E-state index is 0.0382. The van der Waals surface area contributed by atoms with E-state index in [2.05, 4.69) is 4.98 Å².